The van der Waals surface area contributed by atoms with Crippen molar-refractivity contribution in [1.82, 2.24) is 26.2 Å². The number of carbonyl (C=O) groups is 6. The molecule has 2 aromatic rings. The van der Waals surface area contributed by atoms with E-state index in [0.29, 0.717) is 30.1 Å². The molecule has 0 aromatic heterocycles. The second-order valence-corrected chi connectivity index (χ2v) is 13.8. The molecule has 0 spiro atoms. The Bertz CT molecular complexity index is 1570. The summed E-state index contributed by atoms with van der Waals surface area (Å²) in [5, 5.41) is 11.2. The smallest absolute Gasteiger partial charge is 0.243 e. The van der Waals surface area contributed by atoms with Gasteiger partial charge in [-0.15, -0.1) is 0 Å². The van der Waals surface area contributed by atoms with Gasteiger partial charge in [-0.25, -0.2) is 0 Å². The van der Waals surface area contributed by atoms with Gasteiger partial charge in [0.1, 0.15) is 23.9 Å². The van der Waals surface area contributed by atoms with Crippen molar-refractivity contribution in [1.29, 1.82) is 0 Å². The summed E-state index contributed by atoms with van der Waals surface area (Å²) in [6, 6.07) is 8.68. The Hall–Kier alpha value is -4.79. The van der Waals surface area contributed by atoms with Crippen LogP contribution in [0.25, 0.3) is 0 Å². The van der Waals surface area contributed by atoms with Gasteiger partial charge >= 0.3 is 0 Å². The number of carbonyl (C=O) groups excluding carboxylic acids is 6. The molecule has 0 aliphatic carbocycles. The first kappa shape index (κ1) is 41.6. The number of amides is 5. The first-order chi connectivity index (χ1) is 24.8. The van der Waals surface area contributed by atoms with Crippen LogP contribution in [0.4, 0.5) is 0 Å². The van der Waals surface area contributed by atoms with E-state index in [1.807, 2.05) is 36.6 Å². The second-order valence-electron chi connectivity index (χ2n) is 12.9. The van der Waals surface area contributed by atoms with Gasteiger partial charge in [0.25, 0.3) is 0 Å². The third kappa shape index (κ3) is 11.9. The lowest BCUT2D eigenvalue weighted by atomic mass is 10.0. The quantitative estimate of drug-likeness (QED) is 0.222. The Morgan fingerprint density at radius 3 is 2.12 bits per heavy atom. The van der Waals surface area contributed by atoms with Crippen molar-refractivity contribution in [2.24, 2.45) is 5.92 Å². The maximum atomic E-state index is 13.9. The van der Waals surface area contributed by atoms with Crippen LogP contribution >= 0.6 is 11.8 Å². The normalized spacial score (nSPS) is 20.4. The van der Waals surface area contributed by atoms with Crippen LogP contribution < -0.4 is 35.5 Å². The first-order valence-corrected chi connectivity index (χ1v) is 18.5. The van der Waals surface area contributed by atoms with Crippen molar-refractivity contribution in [3.8, 4) is 17.2 Å². The summed E-state index contributed by atoms with van der Waals surface area (Å²) in [5.74, 6) is -2.03. The lowest BCUT2D eigenvalue weighted by molar-refractivity contribution is -0.138. The first-order valence-electron chi connectivity index (χ1n) is 17.2. The fourth-order valence-electron chi connectivity index (χ4n) is 5.74. The average molecular weight is 742 g/mol. The fraction of sp³-hybridized carbons (Fsp3) is 0.514. The molecule has 0 saturated carbocycles. The standard InChI is InChI=1S/C37H51N5O9S/c1-22(2)34-37(48)40-27(15-16-52-7)36(47)38-23(3)35(46)39-25(17-24-11-9-8-10-12-24)20-42(21-32(44)41-34)33(45)14-13-28(43)26-18-30(50-5)31(51-6)19-29(26)49-4/h8-12,18-19,22-23,25,27,34H,13-17,20-21H2,1-7H3,(H,38,47)(H,39,46)(H,40,48)(H,41,44)/t23-,25+,27-,34-/m0/s1. The van der Waals surface area contributed by atoms with Crippen molar-refractivity contribution in [2.75, 3.05) is 46.4 Å². The van der Waals surface area contributed by atoms with E-state index >= 15 is 0 Å². The summed E-state index contributed by atoms with van der Waals surface area (Å²) in [4.78, 5) is 82.6. The van der Waals surface area contributed by atoms with Crippen molar-refractivity contribution in [3.05, 3.63) is 53.6 Å². The number of thioether (sulfide) groups is 1. The SMILES string of the molecule is COc1cc(OC)c(C(=O)CCC(=O)N2CC(=O)N[C@@H](C(C)C)C(=O)N[C@@H](CCSC)C(=O)N[C@@H](C)C(=O)N[C@H](Cc3ccccc3)C2)cc1OC. The third-order valence-corrected chi connectivity index (χ3v) is 9.28. The molecule has 1 aliphatic rings. The number of benzene rings is 2. The van der Waals surface area contributed by atoms with E-state index in [9.17, 15) is 28.8 Å². The predicted octanol–water partition coefficient (Wildman–Crippen LogP) is 2.13. The minimum atomic E-state index is -1.02. The Balaban J connectivity index is 1.97. The molecule has 0 bridgehead atoms. The highest BCUT2D eigenvalue weighted by Gasteiger charge is 2.33. The number of ether oxygens (including phenoxy) is 3. The van der Waals surface area contributed by atoms with E-state index in [-0.39, 0.29) is 36.6 Å². The lowest BCUT2D eigenvalue weighted by Crippen LogP contribution is -2.57. The highest BCUT2D eigenvalue weighted by molar-refractivity contribution is 7.98. The van der Waals surface area contributed by atoms with Gasteiger partial charge in [0.05, 0.1) is 39.5 Å². The summed E-state index contributed by atoms with van der Waals surface area (Å²) < 4.78 is 16.1. The molecular weight excluding hydrogens is 690 g/mol. The van der Waals surface area contributed by atoms with Gasteiger partial charge in [0, 0.05) is 25.5 Å². The number of nitrogens with zero attached hydrogens (tertiary/aromatic N) is 1. The number of hydrogen-bond donors (Lipinski definition) is 4. The Morgan fingerprint density at radius 1 is 0.846 bits per heavy atom. The van der Waals surface area contributed by atoms with Crippen molar-refractivity contribution in [2.45, 2.75) is 70.6 Å². The molecule has 2 aromatic carbocycles. The molecular formula is C37H51N5O9S. The topological polar surface area (TPSA) is 181 Å². The number of nitrogens with one attached hydrogen (secondary N) is 4. The van der Waals surface area contributed by atoms with Crippen LogP contribution in [-0.4, -0.2) is 111 Å². The molecule has 1 heterocycles. The van der Waals surface area contributed by atoms with Gasteiger partial charge in [0.2, 0.25) is 29.5 Å². The summed E-state index contributed by atoms with van der Waals surface area (Å²) in [6.07, 6.45) is 1.98. The van der Waals surface area contributed by atoms with Crippen molar-refractivity contribution >= 4 is 47.1 Å². The van der Waals surface area contributed by atoms with Gasteiger partial charge in [-0.1, -0.05) is 44.2 Å². The number of Topliss-reactive ketones (excluding diaryl/α,β-unsaturated/α-hetero) is 1. The molecule has 1 fully saturated rings. The Labute approximate surface area is 309 Å². The van der Waals surface area contributed by atoms with Crippen molar-refractivity contribution < 1.29 is 43.0 Å². The predicted molar refractivity (Wildman–Crippen MR) is 198 cm³/mol. The highest BCUT2D eigenvalue weighted by atomic mass is 32.2. The summed E-state index contributed by atoms with van der Waals surface area (Å²) >= 11 is 1.50. The van der Waals surface area contributed by atoms with Gasteiger partial charge in [-0.05, 0) is 49.3 Å². The molecule has 5 amide bonds. The van der Waals surface area contributed by atoms with Crippen LogP contribution in [0.2, 0.25) is 0 Å². The van der Waals surface area contributed by atoms with Crippen LogP contribution in [0.5, 0.6) is 17.2 Å². The van der Waals surface area contributed by atoms with Crippen molar-refractivity contribution in [3.63, 3.8) is 0 Å². The van der Waals surface area contributed by atoms with E-state index in [1.165, 1.54) is 57.0 Å². The summed E-state index contributed by atoms with van der Waals surface area (Å²) in [6.45, 7) is 4.50. The van der Waals surface area contributed by atoms with E-state index in [1.54, 1.807) is 13.8 Å². The second kappa shape index (κ2) is 20.3. The van der Waals surface area contributed by atoms with Gasteiger partial charge in [0.15, 0.2) is 17.3 Å². The zero-order chi connectivity index (χ0) is 38.4. The molecule has 3 rings (SSSR count). The number of methoxy groups -OCH3 is 3. The molecule has 15 heteroatoms. The van der Waals surface area contributed by atoms with E-state index in [4.69, 9.17) is 14.2 Å². The summed E-state index contributed by atoms with van der Waals surface area (Å²) in [7, 11) is 4.30. The zero-order valence-corrected chi connectivity index (χ0v) is 31.7. The minimum Gasteiger partial charge on any atom is -0.496 e. The lowest BCUT2D eigenvalue weighted by Gasteiger charge is -2.30. The van der Waals surface area contributed by atoms with Gasteiger partial charge in [-0.2, -0.15) is 11.8 Å². The monoisotopic (exact) mass is 741 g/mol. The molecule has 14 nitrogen and oxygen atoms in total. The van der Waals surface area contributed by atoms with E-state index in [2.05, 4.69) is 21.3 Å². The molecule has 0 unspecified atom stereocenters. The van der Waals surface area contributed by atoms with Crippen LogP contribution in [0.1, 0.15) is 56.0 Å². The molecule has 4 N–H and O–H groups in total. The van der Waals surface area contributed by atoms with E-state index < -0.39 is 66.0 Å². The maximum absolute atomic E-state index is 13.9. The maximum Gasteiger partial charge on any atom is 0.243 e. The number of ketones is 1. The van der Waals surface area contributed by atoms with Gasteiger partial charge in [-0.3, -0.25) is 28.8 Å². The van der Waals surface area contributed by atoms with Crippen LogP contribution in [0.15, 0.2) is 42.5 Å². The van der Waals surface area contributed by atoms with E-state index in [0.717, 1.165) is 5.56 Å². The number of hydrogen-bond acceptors (Lipinski definition) is 10. The minimum absolute atomic E-state index is 0.101. The van der Waals surface area contributed by atoms with Crippen LogP contribution in [0, 0.1) is 5.92 Å². The average Bonchev–Trinajstić information content (AvgIpc) is 3.13. The summed E-state index contributed by atoms with van der Waals surface area (Å²) in [5.41, 5.74) is 1.05. The Morgan fingerprint density at radius 2 is 1.50 bits per heavy atom. The number of rotatable bonds is 13. The Kier molecular flexibility index (Phi) is 16.3. The molecule has 0 radical (unpaired) electrons. The third-order valence-electron chi connectivity index (χ3n) is 8.63. The van der Waals surface area contributed by atoms with Crippen LogP contribution in [-0.2, 0) is 30.4 Å². The fourth-order valence-corrected chi connectivity index (χ4v) is 6.21. The van der Waals surface area contributed by atoms with Gasteiger partial charge < -0.3 is 40.4 Å². The largest absolute Gasteiger partial charge is 0.496 e. The molecule has 52 heavy (non-hydrogen) atoms. The molecule has 284 valence electrons. The molecule has 1 aliphatic heterocycles. The highest BCUT2D eigenvalue weighted by Crippen LogP contribution is 2.35. The zero-order valence-electron chi connectivity index (χ0n) is 30.9. The molecule has 4 atom stereocenters. The molecule has 1 saturated heterocycles. The van der Waals surface area contributed by atoms with Crippen LogP contribution in [0.3, 0.4) is 0 Å².